The third kappa shape index (κ3) is 3.59. The van der Waals surface area contributed by atoms with Gasteiger partial charge in [0.15, 0.2) is 0 Å². The van der Waals surface area contributed by atoms with Crippen molar-refractivity contribution in [1.82, 2.24) is 9.80 Å². The van der Waals surface area contributed by atoms with Gasteiger partial charge in [-0.05, 0) is 75.7 Å². The lowest BCUT2D eigenvalue weighted by Gasteiger charge is -2.48. The van der Waals surface area contributed by atoms with Crippen molar-refractivity contribution in [3.63, 3.8) is 0 Å². The quantitative estimate of drug-likeness (QED) is 0.784. The van der Waals surface area contributed by atoms with E-state index >= 15 is 0 Å². The van der Waals surface area contributed by atoms with Crippen LogP contribution in [0.3, 0.4) is 0 Å². The lowest BCUT2D eigenvalue weighted by molar-refractivity contribution is -0.136. The summed E-state index contributed by atoms with van der Waals surface area (Å²) in [4.78, 5) is 18.0. The number of amides is 1. The summed E-state index contributed by atoms with van der Waals surface area (Å²) in [5, 5.41) is 1.05. The molecule has 0 unspecified atom stereocenters. The number of ether oxygens (including phenoxy) is 1. The maximum absolute atomic E-state index is 13.3. The van der Waals surface area contributed by atoms with Gasteiger partial charge in [-0.3, -0.25) is 9.69 Å². The van der Waals surface area contributed by atoms with Crippen LogP contribution in [0.1, 0.15) is 50.5 Å². The zero-order valence-corrected chi connectivity index (χ0v) is 17.4. The predicted molar refractivity (Wildman–Crippen MR) is 113 cm³/mol. The molecule has 5 heteroatoms. The highest BCUT2D eigenvalue weighted by atomic mass is 16.5. The number of nitrogens with zero attached hydrogens (tertiary/aromatic N) is 2. The van der Waals surface area contributed by atoms with Crippen molar-refractivity contribution in [2.24, 2.45) is 0 Å². The molecule has 2 saturated heterocycles. The molecule has 5 rings (SSSR count). The van der Waals surface area contributed by atoms with Crippen molar-refractivity contribution >= 4 is 16.9 Å². The van der Waals surface area contributed by atoms with Gasteiger partial charge in [-0.25, -0.2) is 0 Å². The topological polar surface area (TPSA) is 45.9 Å². The molecule has 1 aromatic carbocycles. The molecule has 1 amide bonds. The lowest BCUT2D eigenvalue weighted by atomic mass is 9.76. The number of likely N-dealkylation sites (N-methyl/N-ethyl adjacent to an activating group) is 1. The summed E-state index contributed by atoms with van der Waals surface area (Å²) in [7, 11) is 2.01. The Hall–Kier alpha value is -1.85. The minimum atomic E-state index is 0.0655. The van der Waals surface area contributed by atoms with Crippen LogP contribution in [-0.2, 0) is 16.0 Å². The summed E-state index contributed by atoms with van der Waals surface area (Å²) in [6, 6.07) is 8.64. The SMILES string of the molecule is CN(C(=O)Cc1cccc2occc12)[C@H]1CC[C@]2(CCCO2)C[C@H]1N1CCCC1. The number of likely N-dealkylation sites (tertiary alicyclic amines) is 1. The van der Waals surface area contributed by atoms with E-state index in [1.165, 1.54) is 25.7 Å². The van der Waals surface area contributed by atoms with E-state index < -0.39 is 0 Å². The highest BCUT2D eigenvalue weighted by molar-refractivity contribution is 5.87. The van der Waals surface area contributed by atoms with Crippen molar-refractivity contribution in [3.05, 3.63) is 36.1 Å². The molecule has 0 bridgehead atoms. The van der Waals surface area contributed by atoms with Crippen LogP contribution in [0.25, 0.3) is 11.0 Å². The predicted octanol–water partition coefficient (Wildman–Crippen LogP) is 4.00. The average molecular weight is 397 g/mol. The van der Waals surface area contributed by atoms with Gasteiger partial charge in [0.05, 0.1) is 18.3 Å². The molecular weight excluding hydrogens is 364 g/mol. The Morgan fingerprint density at radius 1 is 1.21 bits per heavy atom. The van der Waals surface area contributed by atoms with Crippen LogP contribution in [0.4, 0.5) is 0 Å². The largest absolute Gasteiger partial charge is 0.464 e. The Balaban J connectivity index is 1.34. The van der Waals surface area contributed by atoms with E-state index in [4.69, 9.17) is 9.15 Å². The van der Waals surface area contributed by atoms with Crippen LogP contribution in [0, 0.1) is 0 Å². The molecule has 29 heavy (non-hydrogen) atoms. The molecule has 1 saturated carbocycles. The van der Waals surface area contributed by atoms with Crippen molar-refractivity contribution in [2.75, 3.05) is 26.7 Å². The molecule has 3 heterocycles. The summed E-state index contributed by atoms with van der Waals surface area (Å²) in [6.45, 7) is 3.22. The second kappa shape index (κ2) is 7.77. The second-order valence-corrected chi connectivity index (χ2v) is 9.19. The van der Waals surface area contributed by atoms with E-state index in [1.54, 1.807) is 6.26 Å². The summed E-state index contributed by atoms with van der Waals surface area (Å²) in [5.74, 6) is 0.205. The van der Waals surface area contributed by atoms with Crippen LogP contribution in [0.15, 0.2) is 34.9 Å². The lowest BCUT2D eigenvalue weighted by Crippen LogP contribution is -2.58. The molecule has 3 fully saturated rings. The number of benzene rings is 1. The summed E-state index contributed by atoms with van der Waals surface area (Å²) >= 11 is 0. The fourth-order valence-corrected chi connectivity index (χ4v) is 5.92. The fourth-order valence-electron chi connectivity index (χ4n) is 5.92. The number of furan rings is 1. The van der Waals surface area contributed by atoms with Gasteiger partial charge >= 0.3 is 0 Å². The monoisotopic (exact) mass is 396 g/mol. The first kappa shape index (κ1) is 19.1. The van der Waals surface area contributed by atoms with Crippen LogP contribution >= 0.6 is 0 Å². The standard InChI is InChI=1S/C24H32N2O3/c1-25(23(27)16-18-6-4-7-22-19(18)9-15-28-22)20-8-11-24(10-5-14-29-24)17-21(20)26-12-2-3-13-26/h4,6-7,9,15,20-21H,2-3,5,8,10-14,16-17H2,1H3/t20-,21+,24+/m0/s1. The second-order valence-electron chi connectivity index (χ2n) is 9.19. The van der Waals surface area contributed by atoms with E-state index in [2.05, 4.69) is 4.90 Å². The molecule has 3 aliphatic rings. The zero-order chi connectivity index (χ0) is 19.8. The third-order valence-electron chi connectivity index (χ3n) is 7.53. The number of carbonyl (C=O) groups is 1. The molecule has 0 radical (unpaired) electrons. The Morgan fingerprint density at radius 2 is 2.07 bits per heavy atom. The molecule has 5 nitrogen and oxygen atoms in total. The van der Waals surface area contributed by atoms with E-state index in [1.807, 2.05) is 36.2 Å². The summed E-state index contributed by atoms with van der Waals surface area (Å²) in [5.41, 5.74) is 1.97. The van der Waals surface area contributed by atoms with E-state index in [9.17, 15) is 4.79 Å². The van der Waals surface area contributed by atoms with E-state index in [-0.39, 0.29) is 17.6 Å². The van der Waals surface area contributed by atoms with Gasteiger partial charge in [-0.15, -0.1) is 0 Å². The van der Waals surface area contributed by atoms with Crippen LogP contribution in [0.2, 0.25) is 0 Å². The number of fused-ring (bicyclic) bond motifs is 1. The Labute approximate surface area is 173 Å². The zero-order valence-electron chi connectivity index (χ0n) is 17.4. The average Bonchev–Trinajstić information content (AvgIpc) is 3.49. The van der Waals surface area contributed by atoms with Crippen LogP contribution < -0.4 is 0 Å². The third-order valence-corrected chi connectivity index (χ3v) is 7.53. The Morgan fingerprint density at radius 3 is 2.86 bits per heavy atom. The molecule has 156 valence electrons. The molecule has 2 aromatic rings. The number of hydrogen-bond donors (Lipinski definition) is 0. The van der Waals surface area contributed by atoms with Gasteiger partial charge in [0, 0.05) is 31.1 Å². The number of hydrogen-bond acceptors (Lipinski definition) is 4. The van der Waals surface area contributed by atoms with Gasteiger partial charge in [-0.1, -0.05) is 12.1 Å². The minimum absolute atomic E-state index is 0.0655. The molecule has 1 aromatic heterocycles. The molecular formula is C24H32N2O3. The summed E-state index contributed by atoms with van der Waals surface area (Å²) < 4.78 is 11.8. The van der Waals surface area contributed by atoms with Gasteiger partial charge in [-0.2, -0.15) is 0 Å². The molecule has 0 N–H and O–H groups in total. The van der Waals surface area contributed by atoms with Crippen molar-refractivity contribution in [3.8, 4) is 0 Å². The molecule has 1 spiro atoms. The summed E-state index contributed by atoms with van der Waals surface area (Å²) in [6.07, 6.45) is 10.2. The first-order valence-corrected chi connectivity index (χ1v) is 11.2. The fraction of sp³-hybridized carbons (Fsp3) is 0.625. The van der Waals surface area contributed by atoms with Crippen LogP contribution in [0.5, 0.6) is 0 Å². The molecule has 2 aliphatic heterocycles. The van der Waals surface area contributed by atoms with Crippen molar-refractivity contribution in [1.29, 1.82) is 0 Å². The highest BCUT2D eigenvalue weighted by Gasteiger charge is 2.47. The first-order valence-electron chi connectivity index (χ1n) is 11.2. The van der Waals surface area contributed by atoms with E-state index in [0.29, 0.717) is 12.5 Å². The van der Waals surface area contributed by atoms with Crippen LogP contribution in [-0.4, -0.2) is 60.1 Å². The maximum Gasteiger partial charge on any atom is 0.227 e. The molecule has 1 aliphatic carbocycles. The molecule has 3 atom stereocenters. The van der Waals surface area contributed by atoms with Gasteiger partial charge in [0.2, 0.25) is 5.91 Å². The normalized spacial score (nSPS) is 30.4. The van der Waals surface area contributed by atoms with Crippen molar-refractivity contribution in [2.45, 2.75) is 69.1 Å². The number of rotatable bonds is 4. The smallest absolute Gasteiger partial charge is 0.227 e. The van der Waals surface area contributed by atoms with Gasteiger partial charge in [0.1, 0.15) is 5.58 Å². The highest BCUT2D eigenvalue weighted by Crippen LogP contribution is 2.43. The minimum Gasteiger partial charge on any atom is -0.464 e. The van der Waals surface area contributed by atoms with Gasteiger partial charge in [0.25, 0.3) is 0 Å². The van der Waals surface area contributed by atoms with E-state index in [0.717, 1.165) is 55.5 Å². The number of carbonyl (C=O) groups excluding carboxylic acids is 1. The Kier molecular flexibility index (Phi) is 5.12. The van der Waals surface area contributed by atoms with Crippen molar-refractivity contribution < 1.29 is 13.9 Å². The first-order chi connectivity index (χ1) is 14.2. The maximum atomic E-state index is 13.3. The van der Waals surface area contributed by atoms with Gasteiger partial charge < -0.3 is 14.1 Å². The Bertz CT molecular complexity index is 864.